The Morgan fingerprint density at radius 1 is 0.814 bits per heavy atom. The molecule has 10 heteroatoms. The lowest BCUT2D eigenvalue weighted by Gasteiger charge is -2.23. The molecule has 0 unspecified atom stereocenters. The Morgan fingerprint density at radius 2 is 1.60 bits per heavy atom. The van der Waals surface area contributed by atoms with Crippen LogP contribution in [0.2, 0.25) is 0 Å². The monoisotopic (exact) mass is 596 g/mol. The van der Waals surface area contributed by atoms with Crippen molar-refractivity contribution in [3.63, 3.8) is 0 Å². The summed E-state index contributed by atoms with van der Waals surface area (Å²) in [5, 5.41) is 14.1. The largest absolute Gasteiger partial charge is 0.497 e. The second-order valence-corrected chi connectivity index (χ2v) is 10.7. The Bertz CT molecular complexity index is 1730. The number of carbonyl (C=O) groups excluding carboxylic acids is 2. The molecule has 0 aliphatic heterocycles. The first-order valence-electron chi connectivity index (χ1n) is 13.7. The van der Waals surface area contributed by atoms with Crippen LogP contribution in [0.3, 0.4) is 0 Å². The molecule has 0 fully saturated rings. The second kappa shape index (κ2) is 13.8. The number of aromatic nitrogens is 2. The van der Waals surface area contributed by atoms with E-state index in [1.165, 1.54) is 11.3 Å². The third-order valence-corrected chi connectivity index (χ3v) is 7.91. The minimum absolute atomic E-state index is 0.0938. The predicted molar refractivity (Wildman–Crippen MR) is 168 cm³/mol. The van der Waals surface area contributed by atoms with Crippen LogP contribution in [0.1, 0.15) is 22.3 Å². The van der Waals surface area contributed by atoms with Crippen molar-refractivity contribution >= 4 is 39.1 Å². The zero-order chi connectivity index (χ0) is 30.2. The number of ether oxygens (including phenoxy) is 3. The van der Waals surface area contributed by atoms with E-state index in [2.05, 4.69) is 15.5 Å². The number of anilines is 1. The number of fused-ring (bicyclic) bond motifs is 1. The molecule has 0 bridgehead atoms. The first-order chi connectivity index (χ1) is 21.0. The van der Waals surface area contributed by atoms with E-state index in [0.29, 0.717) is 45.9 Å². The molecule has 2 amide bonds. The molecule has 0 radical (unpaired) electrons. The van der Waals surface area contributed by atoms with Gasteiger partial charge in [-0.15, -0.1) is 10.2 Å². The lowest BCUT2D eigenvalue weighted by Crippen LogP contribution is -2.35. The smallest absolute Gasteiger partial charge is 0.254 e. The van der Waals surface area contributed by atoms with E-state index in [9.17, 15) is 9.59 Å². The third-order valence-electron chi connectivity index (χ3n) is 7.02. The van der Waals surface area contributed by atoms with Gasteiger partial charge in [-0.2, -0.15) is 0 Å². The van der Waals surface area contributed by atoms with Crippen molar-refractivity contribution in [3.05, 3.63) is 96.1 Å². The van der Waals surface area contributed by atoms with Crippen LogP contribution >= 0.6 is 11.3 Å². The highest BCUT2D eigenvalue weighted by Crippen LogP contribution is 2.30. The Balaban J connectivity index is 1.31. The van der Waals surface area contributed by atoms with E-state index in [1.54, 1.807) is 26.2 Å². The topological polar surface area (TPSA) is 103 Å². The summed E-state index contributed by atoms with van der Waals surface area (Å²) in [5.74, 6) is 1.58. The fourth-order valence-corrected chi connectivity index (χ4v) is 5.52. The number of nitrogens with zero attached hydrogens (tertiary/aromatic N) is 3. The van der Waals surface area contributed by atoms with E-state index in [4.69, 9.17) is 14.2 Å². The minimum Gasteiger partial charge on any atom is -0.497 e. The second-order valence-electron chi connectivity index (χ2n) is 9.70. The van der Waals surface area contributed by atoms with Crippen LogP contribution in [-0.2, 0) is 11.2 Å². The van der Waals surface area contributed by atoms with Crippen molar-refractivity contribution in [2.24, 2.45) is 0 Å². The quantitative estimate of drug-likeness (QED) is 0.186. The number of hydrogen-bond acceptors (Lipinski definition) is 8. The van der Waals surface area contributed by atoms with E-state index in [0.717, 1.165) is 21.9 Å². The van der Waals surface area contributed by atoms with Gasteiger partial charge >= 0.3 is 0 Å². The Morgan fingerprint density at radius 3 is 2.42 bits per heavy atom. The van der Waals surface area contributed by atoms with Gasteiger partial charge in [0.25, 0.3) is 5.91 Å². The molecule has 0 spiro atoms. The predicted octanol–water partition coefficient (Wildman–Crippen LogP) is 6.10. The van der Waals surface area contributed by atoms with E-state index in [-0.39, 0.29) is 24.8 Å². The van der Waals surface area contributed by atoms with Gasteiger partial charge in [0.05, 0.1) is 21.3 Å². The number of nitrogens with one attached hydrogen (secondary N) is 1. The van der Waals surface area contributed by atoms with Gasteiger partial charge in [-0.25, -0.2) is 0 Å². The normalized spacial score (nSPS) is 10.8. The van der Waals surface area contributed by atoms with Crippen LogP contribution in [0.15, 0.2) is 84.9 Å². The lowest BCUT2D eigenvalue weighted by atomic mass is 10.0. The molecule has 43 heavy (non-hydrogen) atoms. The first kappa shape index (κ1) is 29.5. The molecule has 1 aromatic heterocycles. The summed E-state index contributed by atoms with van der Waals surface area (Å²) in [6, 6.07) is 26.7. The molecule has 1 N–H and O–H groups in total. The van der Waals surface area contributed by atoms with E-state index >= 15 is 0 Å². The molecule has 9 nitrogen and oxygen atoms in total. The van der Waals surface area contributed by atoms with Gasteiger partial charge in [0.15, 0.2) is 11.5 Å². The molecule has 0 saturated heterocycles. The molecule has 0 aliphatic rings. The van der Waals surface area contributed by atoms with Gasteiger partial charge in [-0.3, -0.25) is 9.59 Å². The Labute approximate surface area is 254 Å². The molecule has 0 aliphatic carbocycles. The fourth-order valence-electron chi connectivity index (χ4n) is 4.76. The van der Waals surface area contributed by atoms with Gasteiger partial charge in [0.2, 0.25) is 11.0 Å². The molecule has 0 atom stereocenters. The molecule has 5 aromatic rings. The fraction of sp³-hybridized carbons (Fsp3) is 0.212. The third kappa shape index (κ3) is 7.10. The maximum absolute atomic E-state index is 13.9. The van der Waals surface area contributed by atoms with Crippen LogP contribution in [0.4, 0.5) is 5.13 Å². The van der Waals surface area contributed by atoms with Crippen LogP contribution in [0.25, 0.3) is 21.3 Å². The Hall–Kier alpha value is -4.96. The van der Waals surface area contributed by atoms with Crippen molar-refractivity contribution in [2.45, 2.75) is 12.8 Å². The zero-order valence-electron chi connectivity index (χ0n) is 24.2. The summed E-state index contributed by atoms with van der Waals surface area (Å²) in [5.41, 5.74) is 2.42. The number of carbonyl (C=O) groups is 2. The highest BCUT2D eigenvalue weighted by Gasteiger charge is 2.20. The number of amides is 2. The molecular formula is C33H32N4O5S. The van der Waals surface area contributed by atoms with Gasteiger partial charge in [0, 0.05) is 30.6 Å². The van der Waals surface area contributed by atoms with Crippen LogP contribution < -0.4 is 19.5 Å². The van der Waals surface area contributed by atoms with Crippen molar-refractivity contribution in [2.75, 3.05) is 39.7 Å². The summed E-state index contributed by atoms with van der Waals surface area (Å²) < 4.78 is 16.1. The minimum atomic E-state index is -0.254. The van der Waals surface area contributed by atoms with Crippen LogP contribution in [-0.4, -0.2) is 61.3 Å². The number of rotatable bonds is 12. The van der Waals surface area contributed by atoms with Crippen LogP contribution in [0.5, 0.6) is 17.2 Å². The first-order valence-corrected chi connectivity index (χ1v) is 14.6. The zero-order valence-corrected chi connectivity index (χ0v) is 25.0. The van der Waals surface area contributed by atoms with Crippen LogP contribution in [0, 0.1) is 0 Å². The summed E-state index contributed by atoms with van der Waals surface area (Å²) >= 11 is 1.27. The van der Waals surface area contributed by atoms with Gasteiger partial charge in [-0.1, -0.05) is 65.9 Å². The molecular weight excluding hydrogens is 564 g/mol. The van der Waals surface area contributed by atoms with Gasteiger partial charge in [-0.05, 0) is 53.1 Å². The van der Waals surface area contributed by atoms with Gasteiger partial charge < -0.3 is 24.4 Å². The standard InChI is InChI=1S/C33H32N4O5S/c1-40-25-11-6-10-24(21-25)31-35-36-33(43-31)34-30(38)17-19-37(18-16-22-14-15-28(41-2)29(20-22)42-3)32(39)27-13-7-9-23-8-4-5-12-26(23)27/h4-15,20-21H,16-19H2,1-3H3,(H,34,36,38). The molecule has 4 aromatic carbocycles. The van der Waals surface area contributed by atoms with Gasteiger partial charge in [0.1, 0.15) is 10.8 Å². The van der Waals surface area contributed by atoms with Crippen molar-refractivity contribution in [3.8, 4) is 27.8 Å². The molecule has 0 saturated carbocycles. The van der Waals surface area contributed by atoms with Crippen molar-refractivity contribution in [1.29, 1.82) is 0 Å². The lowest BCUT2D eigenvalue weighted by molar-refractivity contribution is -0.116. The molecule has 220 valence electrons. The summed E-state index contributed by atoms with van der Waals surface area (Å²) in [4.78, 5) is 28.6. The number of benzene rings is 4. The van der Waals surface area contributed by atoms with E-state index < -0.39 is 0 Å². The number of hydrogen-bond donors (Lipinski definition) is 1. The maximum Gasteiger partial charge on any atom is 0.254 e. The van der Waals surface area contributed by atoms with Crippen molar-refractivity contribution < 1.29 is 23.8 Å². The average Bonchev–Trinajstić information content (AvgIpc) is 3.52. The maximum atomic E-state index is 13.9. The van der Waals surface area contributed by atoms with Crippen molar-refractivity contribution in [1.82, 2.24) is 15.1 Å². The number of methoxy groups -OCH3 is 3. The summed E-state index contributed by atoms with van der Waals surface area (Å²) in [6.07, 6.45) is 0.662. The highest BCUT2D eigenvalue weighted by molar-refractivity contribution is 7.18. The molecule has 1 heterocycles. The average molecular weight is 597 g/mol. The Kier molecular flexibility index (Phi) is 9.48. The highest BCUT2D eigenvalue weighted by atomic mass is 32.1. The van der Waals surface area contributed by atoms with E-state index in [1.807, 2.05) is 84.9 Å². The SMILES string of the molecule is COc1cccc(-c2nnc(NC(=O)CCN(CCc3ccc(OC)c(OC)c3)C(=O)c3cccc4ccccc34)s2)c1. The summed E-state index contributed by atoms with van der Waals surface area (Å²) in [6.45, 7) is 0.631. The molecule has 5 rings (SSSR count). The summed E-state index contributed by atoms with van der Waals surface area (Å²) in [7, 11) is 4.79.